The average molecular weight is 208 g/mol. The van der Waals surface area contributed by atoms with Crippen molar-refractivity contribution < 1.29 is 9.90 Å². The van der Waals surface area contributed by atoms with Crippen molar-refractivity contribution in [2.24, 2.45) is 5.92 Å². The van der Waals surface area contributed by atoms with Gasteiger partial charge in [-0.25, -0.2) is 0 Å². The Kier molecular flexibility index (Phi) is 2.61. The van der Waals surface area contributed by atoms with Crippen molar-refractivity contribution in [2.75, 3.05) is 6.61 Å². The third-order valence-electron chi connectivity index (χ3n) is 2.90. The highest BCUT2D eigenvalue weighted by Crippen LogP contribution is 2.27. The molecule has 15 heavy (non-hydrogen) atoms. The maximum absolute atomic E-state index is 11.8. The molecular formula is C11H16N2O2. The Labute approximate surface area is 88.9 Å². The molecule has 1 N–H and O–H groups in total. The second-order valence-electron chi connectivity index (χ2n) is 4.29. The van der Waals surface area contributed by atoms with E-state index < -0.39 is 0 Å². The van der Waals surface area contributed by atoms with Crippen molar-refractivity contribution in [2.45, 2.75) is 33.2 Å². The minimum Gasteiger partial charge on any atom is -0.394 e. The van der Waals surface area contributed by atoms with E-state index in [1.54, 1.807) is 4.68 Å². The monoisotopic (exact) mass is 208 g/mol. The molecule has 0 spiro atoms. The Balaban J connectivity index is 2.46. The van der Waals surface area contributed by atoms with E-state index in [0.29, 0.717) is 18.9 Å². The number of carbonyl (C=O) groups excluding carboxylic acids is 1. The number of aromatic nitrogens is 2. The average Bonchev–Trinajstić information content (AvgIpc) is 2.43. The summed E-state index contributed by atoms with van der Waals surface area (Å²) in [6.45, 7) is 4.49. The molecule has 0 bridgehead atoms. The molecule has 1 heterocycles. The topological polar surface area (TPSA) is 55.1 Å². The van der Waals surface area contributed by atoms with Crippen molar-refractivity contribution in [3.8, 4) is 0 Å². The third-order valence-corrected chi connectivity index (χ3v) is 2.90. The molecule has 1 unspecified atom stereocenters. The van der Waals surface area contributed by atoms with Crippen LogP contribution in [0.25, 0.3) is 0 Å². The molecule has 0 saturated carbocycles. The van der Waals surface area contributed by atoms with Crippen LogP contribution in [0.2, 0.25) is 0 Å². The third kappa shape index (κ3) is 1.69. The van der Waals surface area contributed by atoms with Crippen molar-refractivity contribution in [3.05, 3.63) is 17.0 Å². The van der Waals surface area contributed by atoms with E-state index in [2.05, 4.69) is 12.0 Å². The van der Waals surface area contributed by atoms with Crippen LogP contribution >= 0.6 is 0 Å². The molecule has 0 amide bonds. The van der Waals surface area contributed by atoms with Gasteiger partial charge in [0.1, 0.15) is 0 Å². The molecule has 0 fully saturated rings. The number of aliphatic hydroxyl groups is 1. The minimum atomic E-state index is 0.0656. The Bertz CT molecular complexity index is 396. The van der Waals surface area contributed by atoms with Gasteiger partial charge in [0, 0.05) is 12.1 Å². The van der Waals surface area contributed by atoms with Crippen LogP contribution in [0.5, 0.6) is 0 Å². The Morgan fingerprint density at radius 2 is 2.27 bits per heavy atom. The fourth-order valence-corrected chi connectivity index (χ4v) is 2.30. The molecule has 1 aliphatic rings. The summed E-state index contributed by atoms with van der Waals surface area (Å²) in [5.41, 5.74) is 2.60. The molecule has 1 aromatic rings. The SMILES string of the molecule is Cc1nn(CCO)c2c1C(=O)CC(C)C2. The molecule has 4 nitrogen and oxygen atoms in total. The van der Waals surface area contributed by atoms with Crippen LogP contribution in [-0.4, -0.2) is 27.3 Å². The number of fused-ring (bicyclic) bond motifs is 1. The molecule has 4 heteroatoms. The summed E-state index contributed by atoms with van der Waals surface area (Å²) in [7, 11) is 0. The summed E-state index contributed by atoms with van der Waals surface area (Å²) in [5.74, 6) is 0.587. The summed E-state index contributed by atoms with van der Waals surface area (Å²) in [6, 6.07) is 0. The predicted molar refractivity (Wildman–Crippen MR) is 55.9 cm³/mol. The first-order valence-corrected chi connectivity index (χ1v) is 5.33. The number of aryl methyl sites for hydroxylation is 1. The van der Waals surface area contributed by atoms with E-state index in [4.69, 9.17) is 5.11 Å². The van der Waals surface area contributed by atoms with Crippen LogP contribution in [0.3, 0.4) is 0 Å². The second-order valence-corrected chi connectivity index (χ2v) is 4.29. The highest BCUT2D eigenvalue weighted by Gasteiger charge is 2.28. The number of carbonyl (C=O) groups is 1. The first-order valence-electron chi connectivity index (χ1n) is 5.33. The summed E-state index contributed by atoms with van der Waals surface area (Å²) in [4.78, 5) is 11.8. The Morgan fingerprint density at radius 1 is 1.53 bits per heavy atom. The highest BCUT2D eigenvalue weighted by molar-refractivity contribution is 5.99. The van der Waals surface area contributed by atoms with Gasteiger partial charge in [-0.3, -0.25) is 9.48 Å². The van der Waals surface area contributed by atoms with Gasteiger partial charge in [0.15, 0.2) is 5.78 Å². The lowest BCUT2D eigenvalue weighted by atomic mass is 9.87. The molecule has 2 rings (SSSR count). The molecule has 1 aromatic heterocycles. The van der Waals surface area contributed by atoms with Crippen LogP contribution in [0.1, 0.15) is 35.1 Å². The van der Waals surface area contributed by atoms with E-state index in [1.807, 2.05) is 6.92 Å². The maximum atomic E-state index is 11.8. The normalized spacial score (nSPS) is 20.5. The van der Waals surface area contributed by atoms with Gasteiger partial charge in [0.05, 0.1) is 24.4 Å². The number of Topliss-reactive ketones (excluding diaryl/α,β-unsaturated/α-hetero) is 1. The van der Waals surface area contributed by atoms with E-state index in [9.17, 15) is 4.79 Å². The fourth-order valence-electron chi connectivity index (χ4n) is 2.30. The van der Waals surface area contributed by atoms with Gasteiger partial charge in [-0.2, -0.15) is 5.10 Å². The second kappa shape index (κ2) is 3.77. The first-order chi connectivity index (χ1) is 7.13. The molecular weight excluding hydrogens is 192 g/mol. The predicted octanol–water partition coefficient (Wildman–Crippen LogP) is 0.949. The van der Waals surface area contributed by atoms with Crippen LogP contribution in [0, 0.1) is 12.8 Å². The zero-order chi connectivity index (χ0) is 11.0. The molecule has 1 atom stereocenters. The summed E-state index contributed by atoms with van der Waals surface area (Å²) >= 11 is 0. The standard InChI is InChI=1S/C11H16N2O2/c1-7-5-9-11(10(15)6-7)8(2)12-13(9)3-4-14/h7,14H,3-6H2,1-2H3. The van der Waals surface area contributed by atoms with Crippen molar-refractivity contribution >= 4 is 5.78 Å². The molecule has 0 radical (unpaired) electrons. The Morgan fingerprint density at radius 3 is 2.93 bits per heavy atom. The zero-order valence-corrected chi connectivity index (χ0v) is 9.16. The van der Waals surface area contributed by atoms with Crippen molar-refractivity contribution in [3.63, 3.8) is 0 Å². The first kappa shape index (κ1) is 10.4. The lowest BCUT2D eigenvalue weighted by Crippen LogP contribution is -2.20. The number of ketones is 1. The smallest absolute Gasteiger partial charge is 0.166 e. The van der Waals surface area contributed by atoms with E-state index >= 15 is 0 Å². The molecule has 82 valence electrons. The lowest BCUT2D eigenvalue weighted by Gasteiger charge is -2.18. The van der Waals surface area contributed by atoms with Gasteiger partial charge in [0.2, 0.25) is 0 Å². The molecule has 0 aliphatic heterocycles. The lowest BCUT2D eigenvalue weighted by molar-refractivity contribution is 0.0951. The van der Waals surface area contributed by atoms with Gasteiger partial charge in [-0.1, -0.05) is 6.92 Å². The number of hydrogen-bond acceptors (Lipinski definition) is 3. The van der Waals surface area contributed by atoms with Crippen molar-refractivity contribution in [1.82, 2.24) is 9.78 Å². The quantitative estimate of drug-likeness (QED) is 0.787. The fraction of sp³-hybridized carbons (Fsp3) is 0.636. The van der Waals surface area contributed by atoms with E-state index in [-0.39, 0.29) is 12.4 Å². The van der Waals surface area contributed by atoms with Gasteiger partial charge in [-0.05, 0) is 19.3 Å². The van der Waals surface area contributed by atoms with Crippen LogP contribution in [0.15, 0.2) is 0 Å². The van der Waals surface area contributed by atoms with E-state index in [1.165, 1.54) is 0 Å². The molecule has 0 aromatic carbocycles. The Hall–Kier alpha value is -1.16. The number of nitrogens with zero attached hydrogens (tertiary/aromatic N) is 2. The van der Waals surface area contributed by atoms with Gasteiger partial charge >= 0.3 is 0 Å². The van der Waals surface area contributed by atoms with Crippen LogP contribution < -0.4 is 0 Å². The van der Waals surface area contributed by atoms with E-state index in [0.717, 1.165) is 23.4 Å². The summed E-state index contributed by atoms with van der Waals surface area (Å²) in [5, 5.41) is 13.2. The van der Waals surface area contributed by atoms with Crippen LogP contribution in [0.4, 0.5) is 0 Å². The molecule has 0 saturated heterocycles. The van der Waals surface area contributed by atoms with Gasteiger partial charge < -0.3 is 5.11 Å². The number of rotatable bonds is 2. The van der Waals surface area contributed by atoms with Crippen molar-refractivity contribution in [1.29, 1.82) is 0 Å². The number of aliphatic hydroxyl groups excluding tert-OH is 1. The highest BCUT2D eigenvalue weighted by atomic mass is 16.3. The molecule has 1 aliphatic carbocycles. The summed E-state index contributed by atoms with van der Waals surface area (Å²) in [6.07, 6.45) is 1.51. The largest absolute Gasteiger partial charge is 0.394 e. The van der Waals surface area contributed by atoms with Gasteiger partial charge in [-0.15, -0.1) is 0 Å². The summed E-state index contributed by atoms with van der Waals surface area (Å²) < 4.78 is 1.78. The minimum absolute atomic E-state index is 0.0656. The van der Waals surface area contributed by atoms with Gasteiger partial charge in [0.25, 0.3) is 0 Å². The number of hydrogen-bond donors (Lipinski definition) is 1. The maximum Gasteiger partial charge on any atom is 0.166 e. The van der Waals surface area contributed by atoms with Crippen LogP contribution in [-0.2, 0) is 13.0 Å². The zero-order valence-electron chi connectivity index (χ0n) is 9.16.